The van der Waals surface area contributed by atoms with E-state index in [1.54, 1.807) is 0 Å². The highest BCUT2D eigenvalue weighted by atomic mass is 79.9. The van der Waals surface area contributed by atoms with Crippen LogP contribution in [0.15, 0.2) is 33.7 Å². The summed E-state index contributed by atoms with van der Waals surface area (Å²) in [6, 6.07) is 9.18. The van der Waals surface area contributed by atoms with Crippen molar-refractivity contribution in [2.24, 2.45) is 10.9 Å². The van der Waals surface area contributed by atoms with Crippen LogP contribution in [0.1, 0.15) is 31.7 Å². The predicted molar refractivity (Wildman–Crippen MR) is 87.1 cm³/mol. The molecule has 2 fully saturated rings. The number of aliphatic imine (C=N–C) groups is 1. The van der Waals surface area contributed by atoms with Crippen LogP contribution < -0.4 is 10.6 Å². The molecular weight excluding hydrogens is 314 g/mol. The third-order valence-corrected chi connectivity index (χ3v) is 5.24. The number of benzene rings is 1. The minimum atomic E-state index is 0.285. The van der Waals surface area contributed by atoms with Crippen molar-refractivity contribution in [3.8, 4) is 0 Å². The van der Waals surface area contributed by atoms with Crippen molar-refractivity contribution in [1.82, 2.24) is 10.6 Å². The summed E-state index contributed by atoms with van der Waals surface area (Å²) >= 11 is 3.68. The van der Waals surface area contributed by atoms with Gasteiger partial charge >= 0.3 is 0 Å². The van der Waals surface area contributed by atoms with E-state index in [9.17, 15) is 0 Å². The fraction of sp³-hybridized carbons (Fsp3) is 0.562. The van der Waals surface area contributed by atoms with Crippen molar-refractivity contribution in [3.63, 3.8) is 0 Å². The quantitative estimate of drug-likeness (QED) is 0.655. The van der Waals surface area contributed by atoms with Gasteiger partial charge in [-0.15, -0.1) is 0 Å². The summed E-state index contributed by atoms with van der Waals surface area (Å²) in [5.41, 5.74) is 1.70. The molecule has 20 heavy (non-hydrogen) atoms. The van der Waals surface area contributed by atoms with Crippen molar-refractivity contribution in [2.45, 2.75) is 37.6 Å². The maximum atomic E-state index is 4.33. The number of nitrogens with one attached hydrogen (secondary N) is 2. The van der Waals surface area contributed by atoms with E-state index in [2.05, 4.69) is 62.7 Å². The molecule has 4 heteroatoms. The molecule has 0 heterocycles. The lowest BCUT2D eigenvalue weighted by Gasteiger charge is -2.20. The molecule has 0 saturated heterocycles. The zero-order valence-corrected chi connectivity index (χ0v) is 13.7. The van der Waals surface area contributed by atoms with Gasteiger partial charge in [0, 0.05) is 29.5 Å². The SMILES string of the molecule is CN=C(NCC1(c2ccccc2Br)CC1)NC1CC1C. The molecule has 2 N–H and O–H groups in total. The van der Waals surface area contributed by atoms with E-state index in [1.165, 1.54) is 29.3 Å². The Morgan fingerprint density at radius 1 is 1.40 bits per heavy atom. The molecule has 2 aliphatic carbocycles. The Morgan fingerprint density at radius 2 is 2.10 bits per heavy atom. The second-order valence-corrected chi connectivity index (χ2v) is 7.00. The van der Waals surface area contributed by atoms with E-state index in [0.717, 1.165) is 18.4 Å². The molecule has 0 radical (unpaired) electrons. The maximum Gasteiger partial charge on any atom is 0.191 e. The van der Waals surface area contributed by atoms with Gasteiger partial charge in [-0.1, -0.05) is 41.1 Å². The van der Waals surface area contributed by atoms with Gasteiger partial charge in [0.05, 0.1) is 0 Å². The van der Waals surface area contributed by atoms with Crippen LogP contribution in [-0.2, 0) is 5.41 Å². The molecule has 1 aromatic carbocycles. The highest BCUT2D eigenvalue weighted by Gasteiger charge is 2.45. The Labute approximate surface area is 129 Å². The van der Waals surface area contributed by atoms with Gasteiger partial charge in [-0.3, -0.25) is 4.99 Å². The standard InChI is InChI=1S/C16H22BrN3/c1-11-9-14(11)20-15(18-2)19-10-16(7-8-16)12-5-3-4-6-13(12)17/h3-6,11,14H,7-10H2,1-2H3,(H2,18,19,20). The largest absolute Gasteiger partial charge is 0.356 e. The van der Waals surface area contributed by atoms with Crippen LogP contribution >= 0.6 is 15.9 Å². The molecule has 0 bridgehead atoms. The summed E-state index contributed by atoms with van der Waals surface area (Å²) in [6.45, 7) is 3.23. The molecule has 2 unspecified atom stereocenters. The van der Waals surface area contributed by atoms with E-state index in [4.69, 9.17) is 0 Å². The molecule has 0 spiro atoms. The Morgan fingerprint density at radius 3 is 2.65 bits per heavy atom. The highest BCUT2D eigenvalue weighted by Crippen LogP contribution is 2.49. The van der Waals surface area contributed by atoms with Gasteiger partial charge in [0.1, 0.15) is 0 Å². The summed E-state index contributed by atoms with van der Waals surface area (Å²) in [6.07, 6.45) is 3.76. The molecule has 2 atom stereocenters. The van der Waals surface area contributed by atoms with Gasteiger partial charge in [0.15, 0.2) is 5.96 Å². The number of rotatable bonds is 4. The number of nitrogens with zero attached hydrogens (tertiary/aromatic N) is 1. The molecule has 3 rings (SSSR count). The molecule has 0 aromatic heterocycles. The van der Waals surface area contributed by atoms with Gasteiger partial charge < -0.3 is 10.6 Å². The zero-order valence-electron chi connectivity index (χ0n) is 12.1. The molecule has 2 saturated carbocycles. The average Bonchev–Trinajstić information content (AvgIpc) is 3.35. The van der Waals surface area contributed by atoms with Gasteiger partial charge in [-0.05, 0) is 36.8 Å². The molecule has 108 valence electrons. The van der Waals surface area contributed by atoms with E-state index < -0.39 is 0 Å². The lowest BCUT2D eigenvalue weighted by Crippen LogP contribution is -2.42. The summed E-state index contributed by atoms with van der Waals surface area (Å²) in [5, 5.41) is 6.99. The van der Waals surface area contributed by atoms with Gasteiger partial charge in [0.2, 0.25) is 0 Å². The lowest BCUT2D eigenvalue weighted by molar-refractivity contribution is 0.640. The number of hydrogen-bond donors (Lipinski definition) is 2. The lowest BCUT2D eigenvalue weighted by atomic mass is 9.96. The van der Waals surface area contributed by atoms with Crippen molar-refractivity contribution in [3.05, 3.63) is 34.3 Å². The Balaban J connectivity index is 1.61. The third kappa shape index (κ3) is 2.85. The van der Waals surface area contributed by atoms with Gasteiger partial charge in [0.25, 0.3) is 0 Å². The fourth-order valence-electron chi connectivity index (χ4n) is 2.73. The number of guanidine groups is 1. The van der Waals surface area contributed by atoms with E-state index >= 15 is 0 Å². The zero-order chi connectivity index (χ0) is 14.2. The van der Waals surface area contributed by atoms with Crippen molar-refractivity contribution < 1.29 is 0 Å². The molecule has 0 amide bonds. The van der Waals surface area contributed by atoms with Crippen LogP contribution in [-0.4, -0.2) is 25.6 Å². The van der Waals surface area contributed by atoms with Gasteiger partial charge in [-0.2, -0.15) is 0 Å². The van der Waals surface area contributed by atoms with Crippen LogP contribution in [0.2, 0.25) is 0 Å². The summed E-state index contributed by atoms with van der Waals surface area (Å²) in [7, 11) is 1.85. The Hall–Kier alpha value is -1.03. The minimum absolute atomic E-state index is 0.285. The molecular formula is C16H22BrN3. The maximum absolute atomic E-state index is 4.33. The van der Waals surface area contributed by atoms with E-state index in [0.29, 0.717) is 6.04 Å². The second kappa shape index (κ2) is 5.40. The van der Waals surface area contributed by atoms with E-state index in [-0.39, 0.29) is 5.41 Å². The van der Waals surface area contributed by atoms with Crippen molar-refractivity contribution in [2.75, 3.05) is 13.6 Å². The second-order valence-electron chi connectivity index (χ2n) is 6.15. The monoisotopic (exact) mass is 335 g/mol. The number of halogens is 1. The highest BCUT2D eigenvalue weighted by molar-refractivity contribution is 9.10. The third-order valence-electron chi connectivity index (χ3n) is 4.55. The first-order valence-corrected chi connectivity index (χ1v) is 8.16. The van der Waals surface area contributed by atoms with Crippen LogP contribution in [0.25, 0.3) is 0 Å². The van der Waals surface area contributed by atoms with Crippen LogP contribution in [0.4, 0.5) is 0 Å². The topological polar surface area (TPSA) is 36.4 Å². The molecule has 2 aliphatic rings. The smallest absolute Gasteiger partial charge is 0.191 e. The average molecular weight is 336 g/mol. The van der Waals surface area contributed by atoms with Crippen LogP contribution in [0.3, 0.4) is 0 Å². The normalized spacial score (nSPS) is 27.1. The summed E-state index contributed by atoms with van der Waals surface area (Å²) in [4.78, 5) is 4.33. The fourth-order valence-corrected chi connectivity index (χ4v) is 3.44. The van der Waals surface area contributed by atoms with Gasteiger partial charge in [-0.25, -0.2) is 0 Å². The Kier molecular flexibility index (Phi) is 3.76. The van der Waals surface area contributed by atoms with Crippen LogP contribution in [0, 0.1) is 5.92 Å². The summed E-state index contributed by atoms with van der Waals surface area (Å²) in [5.74, 6) is 1.73. The molecule has 0 aliphatic heterocycles. The van der Waals surface area contributed by atoms with Crippen molar-refractivity contribution in [1.29, 1.82) is 0 Å². The first-order valence-electron chi connectivity index (χ1n) is 7.37. The molecule has 1 aromatic rings. The minimum Gasteiger partial charge on any atom is -0.356 e. The Bertz CT molecular complexity index is 522. The predicted octanol–water partition coefficient (Wildman–Crippen LogP) is 3.05. The summed E-state index contributed by atoms with van der Waals surface area (Å²) < 4.78 is 1.22. The van der Waals surface area contributed by atoms with Crippen LogP contribution in [0.5, 0.6) is 0 Å². The first kappa shape index (κ1) is 13.9. The van der Waals surface area contributed by atoms with Crippen molar-refractivity contribution >= 4 is 21.9 Å². The first-order chi connectivity index (χ1) is 9.64. The molecule has 3 nitrogen and oxygen atoms in total. The van der Waals surface area contributed by atoms with E-state index in [1.807, 2.05) is 7.05 Å². The number of hydrogen-bond acceptors (Lipinski definition) is 1.